The summed E-state index contributed by atoms with van der Waals surface area (Å²) in [6.45, 7) is -0.472. The van der Waals surface area contributed by atoms with Crippen LogP contribution < -0.4 is 19.1 Å². The molecule has 1 N–H and O–H groups in total. The molecule has 3 aromatic carbocycles. The normalized spacial score (nSPS) is 10.9. The first-order valence-electron chi connectivity index (χ1n) is 9.20. The number of nitrogens with zero attached hydrogens (tertiary/aromatic N) is 1. The largest absolute Gasteiger partial charge is 0.497 e. The van der Waals surface area contributed by atoms with Crippen molar-refractivity contribution in [2.24, 2.45) is 0 Å². The van der Waals surface area contributed by atoms with Crippen LogP contribution in [0.25, 0.3) is 0 Å². The highest BCUT2D eigenvalue weighted by Crippen LogP contribution is 2.29. The molecule has 0 saturated heterocycles. The number of amides is 1. The Morgan fingerprint density at radius 1 is 0.968 bits per heavy atom. The summed E-state index contributed by atoms with van der Waals surface area (Å²) in [5.74, 6) is 0.294. The lowest BCUT2D eigenvalue weighted by Gasteiger charge is -2.24. The second-order valence-electron chi connectivity index (χ2n) is 6.42. The molecule has 0 fully saturated rings. The maximum absolute atomic E-state index is 13.4. The average molecular weight is 461 g/mol. The summed E-state index contributed by atoms with van der Waals surface area (Å²) in [6.07, 6.45) is 0. The fourth-order valence-corrected chi connectivity index (χ4v) is 4.50. The SMILES string of the molecule is COc1cccc(N(CC(=O)Nc2cc(Cl)ccc2OC)S(=O)(=O)c2ccccc2)c1. The minimum atomic E-state index is -4.03. The lowest BCUT2D eigenvalue weighted by molar-refractivity contribution is -0.114. The topological polar surface area (TPSA) is 84.9 Å². The van der Waals surface area contributed by atoms with Crippen LogP contribution in [-0.4, -0.2) is 35.1 Å². The van der Waals surface area contributed by atoms with E-state index in [0.29, 0.717) is 22.2 Å². The molecule has 0 atom stereocenters. The van der Waals surface area contributed by atoms with Gasteiger partial charge in [0.2, 0.25) is 5.91 Å². The van der Waals surface area contributed by atoms with Crippen molar-refractivity contribution in [1.29, 1.82) is 0 Å². The molecule has 3 aromatic rings. The quantitative estimate of drug-likeness (QED) is 0.544. The number of anilines is 2. The Hall–Kier alpha value is -3.23. The number of ether oxygens (including phenoxy) is 2. The average Bonchev–Trinajstić information content (AvgIpc) is 2.78. The number of sulfonamides is 1. The number of hydrogen-bond donors (Lipinski definition) is 1. The number of methoxy groups -OCH3 is 2. The number of benzene rings is 3. The third kappa shape index (κ3) is 5.28. The number of rotatable bonds is 8. The molecule has 0 aromatic heterocycles. The highest BCUT2D eigenvalue weighted by Gasteiger charge is 2.27. The summed E-state index contributed by atoms with van der Waals surface area (Å²) in [6, 6.07) is 19.1. The molecule has 0 spiro atoms. The highest BCUT2D eigenvalue weighted by atomic mass is 35.5. The highest BCUT2D eigenvalue weighted by molar-refractivity contribution is 7.92. The molecule has 0 unspecified atom stereocenters. The Labute approximate surface area is 186 Å². The Balaban J connectivity index is 1.97. The van der Waals surface area contributed by atoms with Crippen molar-refractivity contribution < 1.29 is 22.7 Å². The smallest absolute Gasteiger partial charge is 0.264 e. The van der Waals surface area contributed by atoms with Gasteiger partial charge in [-0.05, 0) is 42.5 Å². The predicted molar refractivity (Wildman–Crippen MR) is 121 cm³/mol. The van der Waals surface area contributed by atoms with Crippen LogP contribution in [0.5, 0.6) is 11.5 Å². The van der Waals surface area contributed by atoms with Gasteiger partial charge < -0.3 is 14.8 Å². The first-order valence-corrected chi connectivity index (χ1v) is 11.0. The van der Waals surface area contributed by atoms with Gasteiger partial charge in [0.25, 0.3) is 10.0 Å². The summed E-state index contributed by atoms with van der Waals surface area (Å²) in [4.78, 5) is 12.9. The van der Waals surface area contributed by atoms with E-state index in [4.69, 9.17) is 21.1 Å². The molecule has 1 amide bonds. The maximum Gasteiger partial charge on any atom is 0.264 e. The Morgan fingerprint density at radius 3 is 2.39 bits per heavy atom. The van der Waals surface area contributed by atoms with Gasteiger partial charge in [0, 0.05) is 11.1 Å². The summed E-state index contributed by atoms with van der Waals surface area (Å²) in [7, 11) is -1.09. The molecule has 9 heteroatoms. The van der Waals surface area contributed by atoms with Gasteiger partial charge in [-0.2, -0.15) is 0 Å². The zero-order valence-electron chi connectivity index (χ0n) is 16.9. The molecule has 0 aliphatic rings. The minimum Gasteiger partial charge on any atom is -0.497 e. The van der Waals surface area contributed by atoms with E-state index in [2.05, 4.69) is 5.32 Å². The Morgan fingerprint density at radius 2 is 1.71 bits per heavy atom. The number of halogens is 1. The zero-order valence-corrected chi connectivity index (χ0v) is 18.5. The van der Waals surface area contributed by atoms with Crippen molar-refractivity contribution in [3.8, 4) is 11.5 Å². The van der Waals surface area contributed by atoms with Gasteiger partial charge >= 0.3 is 0 Å². The molecule has 3 rings (SSSR count). The van der Waals surface area contributed by atoms with Gasteiger partial charge in [0.05, 0.1) is 30.5 Å². The van der Waals surface area contributed by atoms with Crippen LogP contribution in [-0.2, 0) is 14.8 Å². The molecule has 0 bridgehead atoms. The van der Waals surface area contributed by atoms with Gasteiger partial charge in [-0.25, -0.2) is 8.42 Å². The molecule has 31 heavy (non-hydrogen) atoms. The van der Waals surface area contributed by atoms with Crippen molar-refractivity contribution in [2.75, 3.05) is 30.4 Å². The fraction of sp³-hybridized carbons (Fsp3) is 0.136. The molecule has 0 aliphatic heterocycles. The van der Waals surface area contributed by atoms with E-state index in [1.807, 2.05) is 0 Å². The van der Waals surface area contributed by atoms with Crippen LogP contribution in [0, 0.1) is 0 Å². The summed E-state index contributed by atoms with van der Waals surface area (Å²) < 4.78 is 38.2. The van der Waals surface area contributed by atoms with E-state index in [1.54, 1.807) is 54.6 Å². The van der Waals surface area contributed by atoms with Crippen LogP contribution in [0.4, 0.5) is 11.4 Å². The molecule has 0 radical (unpaired) electrons. The zero-order chi connectivity index (χ0) is 22.4. The molecule has 0 saturated carbocycles. The second-order valence-corrected chi connectivity index (χ2v) is 8.72. The molecule has 7 nitrogen and oxygen atoms in total. The van der Waals surface area contributed by atoms with Crippen LogP contribution in [0.3, 0.4) is 0 Å². The van der Waals surface area contributed by atoms with E-state index >= 15 is 0 Å². The van der Waals surface area contributed by atoms with Crippen molar-refractivity contribution in [1.82, 2.24) is 0 Å². The van der Waals surface area contributed by atoms with E-state index in [0.717, 1.165) is 4.31 Å². The number of nitrogens with one attached hydrogen (secondary N) is 1. The molecule has 0 heterocycles. The third-order valence-electron chi connectivity index (χ3n) is 4.40. The van der Waals surface area contributed by atoms with Gasteiger partial charge in [-0.3, -0.25) is 9.10 Å². The first-order chi connectivity index (χ1) is 14.8. The van der Waals surface area contributed by atoms with Gasteiger partial charge in [-0.15, -0.1) is 0 Å². The predicted octanol–water partition coefficient (Wildman–Crippen LogP) is 4.19. The van der Waals surface area contributed by atoms with Crippen molar-refractivity contribution in [2.45, 2.75) is 4.90 Å². The summed E-state index contributed by atoms with van der Waals surface area (Å²) >= 11 is 6.02. The fourth-order valence-electron chi connectivity index (χ4n) is 2.90. The van der Waals surface area contributed by atoms with Crippen LogP contribution in [0.2, 0.25) is 5.02 Å². The summed E-state index contributed by atoms with van der Waals surface area (Å²) in [5.41, 5.74) is 0.624. The number of carbonyl (C=O) groups excluding carboxylic acids is 1. The van der Waals surface area contributed by atoms with Crippen molar-refractivity contribution in [3.63, 3.8) is 0 Å². The van der Waals surface area contributed by atoms with E-state index in [1.165, 1.54) is 32.4 Å². The Bertz CT molecular complexity index is 1170. The molecular weight excluding hydrogens is 440 g/mol. The lowest BCUT2D eigenvalue weighted by Crippen LogP contribution is -2.38. The Kier molecular flexibility index (Phi) is 7.04. The lowest BCUT2D eigenvalue weighted by atomic mass is 10.3. The minimum absolute atomic E-state index is 0.0611. The molecular formula is C22H21ClN2O5S. The van der Waals surface area contributed by atoms with E-state index in [-0.39, 0.29) is 10.6 Å². The van der Waals surface area contributed by atoms with Crippen molar-refractivity contribution in [3.05, 3.63) is 77.8 Å². The van der Waals surface area contributed by atoms with Gasteiger partial charge in [0.15, 0.2) is 0 Å². The monoisotopic (exact) mass is 460 g/mol. The van der Waals surface area contributed by atoms with Crippen LogP contribution in [0.1, 0.15) is 0 Å². The van der Waals surface area contributed by atoms with E-state index < -0.39 is 22.5 Å². The second kappa shape index (κ2) is 9.72. The van der Waals surface area contributed by atoms with Gasteiger partial charge in [-0.1, -0.05) is 35.9 Å². The van der Waals surface area contributed by atoms with Gasteiger partial charge in [0.1, 0.15) is 18.0 Å². The summed E-state index contributed by atoms with van der Waals surface area (Å²) in [5, 5.41) is 3.07. The van der Waals surface area contributed by atoms with Crippen LogP contribution in [0.15, 0.2) is 77.7 Å². The molecule has 162 valence electrons. The van der Waals surface area contributed by atoms with Crippen LogP contribution >= 0.6 is 11.6 Å². The molecule has 0 aliphatic carbocycles. The third-order valence-corrected chi connectivity index (χ3v) is 6.42. The van der Waals surface area contributed by atoms with Crippen molar-refractivity contribution >= 4 is 38.9 Å². The standard InChI is InChI=1S/C22H21ClN2O5S/c1-29-18-8-6-7-17(14-18)25(31(27,28)19-9-4-3-5-10-19)15-22(26)24-20-13-16(23)11-12-21(20)30-2/h3-14H,15H2,1-2H3,(H,24,26). The number of carbonyl (C=O) groups is 1. The maximum atomic E-state index is 13.4. The number of hydrogen-bond acceptors (Lipinski definition) is 5. The van der Waals surface area contributed by atoms with E-state index in [9.17, 15) is 13.2 Å². The first kappa shape index (κ1) is 22.5.